The van der Waals surface area contributed by atoms with E-state index in [4.69, 9.17) is 4.42 Å². The number of thiol groups is 1. The lowest BCUT2D eigenvalue weighted by Gasteiger charge is -2.29. The number of aromatic nitrogens is 1. The van der Waals surface area contributed by atoms with Gasteiger partial charge in [0.05, 0.1) is 0 Å². The molecule has 1 saturated heterocycles. The van der Waals surface area contributed by atoms with Gasteiger partial charge in [-0.25, -0.2) is 4.98 Å². The lowest BCUT2D eigenvalue weighted by atomic mass is 9.97. The number of amides is 1. The second-order valence-electron chi connectivity index (χ2n) is 4.56. The van der Waals surface area contributed by atoms with Crippen LogP contribution in [-0.2, 0) is 0 Å². The molecule has 0 atom stereocenters. The number of oxazole rings is 1. The van der Waals surface area contributed by atoms with E-state index in [1.807, 2.05) is 24.3 Å². The summed E-state index contributed by atoms with van der Waals surface area (Å²) in [7, 11) is 0. The monoisotopic (exact) mass is 262 g/mol. The molecule has 1 amide bonds. The first-order chi connectivity index (χ1) is 8.74. The molecule has 1 aliphatic rings. The predicted octanol–water partition coefficient (Wildman–Crippen LogP) is 3.06. The number of piperidine rings is 1. The molecule has 1 aliphatic heterocycles. The zero-order chi connectivity index (χ0) is 12.5. The maximum atomic E-state index is 11.1. The second kappa shape index (κ2) is 4.65. The van der Waals surface area contributed by atoms with E-state index < -0.39 is 0 Å². The van der Waals surface area contributed by atoms with E-state index in [2.05, 4.69) is 17.6 Å². The number of hydrogen-bond donors (Lipinski definition) is 1. The van der Waals surface area contributed by atoms with Crippen LogP contribution in [0.3, 0.4) is 0 Å². The highest BCUT2D eigenvalue weighted by Gasteiger charge is 2.25. The van der Waals surface area contributed by atoms with Gasteiger partial charge in [-0.05, 0) is 25.0 Å². The number of benzene rings is 1. The Bertz CT molecular complexity index is 540. The van der Waals surface area contributed by atoms with E-state index in [1.165, 1.54) is 0 Å². The number of carbonyl (C=O) groups is 1. The Balaban J connectivity index is 1.78. The lowest BCUT2D eigenvalue weighted by Crippen LogP contribution is -2.34. The van der Waals surface area contributed by atoms with Crippen LogP contribution in [-0.4, -0.2) is 28.2 Å². The first kappa shape index (κ1) is 11.6. The van der Waals surface area contributed by atoms with Crippen LogP contribution in [0.2, 0.25) is 0 Å². The van der Waals surface area contributed by atoms with Crippen molar-refractivity contribution in [1.82, 2.24) is 9.88 Å². The molecule has 1 aromatic carbocycles. The first-order valence-electron chi connectivity index (χ1n) is 6.07. The van der Waals surface area contributed by atoms with Gasteiger partial charge in [0.1, 0.15) is 5.52 Å². The fourth-order valence-electron chi connectivity index (χ4n) is 2.38. The molecule has 0 spiro atoms. The smallest absolute Gasteiger partial charge is 0.278 e. The Morgan fingerprint density at radius 1 is 1.33 bits per heavy atom. The van der Waals surface area contributed by atoms with Gasteiger partial charge in [0.15, 0.2) is 11.5 Å². The van der Waals surface area contributed by atoms with Gasteiger partial charge in [0, 0.05) is 19.0 Å². The minimum atomic E-state index is -0.147. The number of carbonyl (C=O) groups excluding carboxylic acids is 1. The van der Waals surface area contributed by atoms with Crippen molar-refractivity contribution in [3.63, 3.8) is 0 Å². The number of fused-ring (bicyclic) bond motifs is 1. The second-order valence-corrected chi connectivity index (χ2v) is 4.95. The quantitative estimate of drug-likeness (QED) is 0.803. The van der Waals surface area contributed by atoms with Crippen molar-refractivity contribution in [2.24, 2.45) is 0 Å². The van der Waals surface area contributed by atoms with Crippen molar-refractivity contribution in [1.29, 1.82) is 0 Å². The molecule has 2 aromatic rings. The molecule has 18 heavy (non-hydrogen) atoms. The fourth-order valence-corrected chi connectivity index (χ4v) is 2.58. The molecule has 0 N–H and O–H groups in total. The standard InChI is InChI=1S/C13H14N2O2S/c16-13(18)15-7-5-9(6-8-15)12-14-10-3-1-2-4-11(10)17-12/h1-4,9H,5-8H2,(H,16,18). The summed E-state index contributed by atoms with van der Waals surface area (Å²) in [5.41, 5.74) is 1.74. The number of hydrogen-bond acceptors (Lipinski definition) is 3. The topological polar surface area (TPSA) is 46.3 Å². The van der Waals surface area contributed by atoms with Crippen LogP contribution in [0.1, 0.15) is 24.7 Å². The van der Waals surface area contributed by atoms with Crippen LogP contribution >= 0.6 is 12.6 Å². The van der Waals surface area contributed by atoms with Crippen LogP contribution < -0.4 is 0 Å². The van der Waals surface area contributed by atoms with Crippen LogP contribution in [0.5, 0.6) is 0 Å². The van der Waals surface area contributed by atoms with E-state index in [0.717, 1.165) is 42.9 Å². The molecule has 1 aromatic heterocycles. The maximum absolute atomic E-state index is 11.1. The van der Waals surface area contributed by atoms with Gasteiger partial charge in [-0.1, -0.05) is 24.8 Å². The third-order valence-electron chi connectivity index (χ3n) is 3.43. The molecule has 2 heterocycles. The summed E-state index contributed by atoms with van der Waals surface area (Å²) in [5.74, 6) is 1.10. The van der Waals surface area contributed by atoms with Crippen LogP contribution in [0.25, 0.3) is 11.1 Å². The molecule has 0 bridgehead atoms. The van der Waals surface area contributed by atoms with Crippen molar-refractivity contribution >= 4 is 29.0 Å². The minimum Gasteiger partial charge on any atom is -0.440 e. The Morgan fingerprint density at radius 2 is 2.06 bits per heavy atom. The average molecular weight is 262 g/mol. The third kappa shape index (κ3) is 2.10. The molecule has 3 rings (SSSR count). The Morgan fingerprint density at radius 3 is 2.72 bits per heavy atom. The molecule has 1 fully saturated rings. The van der Waals surface area contributed by atoms with Gasteiger partial charge in [0.25, 0.3) is 5.24 Å². The molecule has 0 saturated carbocycles. The summed E-state index contributed by atoms with van der Waals surface area (Å²) in [6.07, 6.45) is 1.78. The van der Waals surface area contributed by atoms with E-state index in [-0.39, 0.29) is 5.24 Å². The van der Waals surface area contributed by atoms with E-state index in [0.29, 0.717) is 5.92 Å². The zero-order valence-corrected chi connectivity index (χ0v) is 10.8. The van der Waals surface area contributed by atoms with Crippen molar-refractivity contribution in [2.75, 3.05) is 13.1 Å². The van der Waals surface area contributed by atoms with Crippen LogP contribution in [0.15, 0.2) is 28.7 Å². The Labute approximate surface area is 110 Å². The van der Waals surface area contributed by atoms with E-state index in [1.54, 1.807) is 4.90 Å². The minimum absolute atomic E-state index is 0.147. The van der Waals surface area contributed by atoms with Gasteiger partial charge in [-0.2, -0.15) is 0 Å². The number of nitrogens with zero attached hydrogens (tertiary/aromatic N) is 2. The highest BCUT2D eigenvalue weighted by molar-refractivity contribution is 7.96. The number of likely N-dealkylation sites (tertiary alicyclic amines) is 1. The first-order valence-corrected chi connectivity index (χ1v) is 6.52. The third-order valence-corrected chi connectivity index (χ3v) is 3.71. The summed E-state index contributed by atoms with van der Waals surface area (Å²) in [6.45, 7) is 1.46. The molecule has 94 valence electrons. The highest BCUT2D eigenvalue weighted by Crippen LogP contribution is 2.30. The summed E-state index contributed by atoms with van der Waals surface area (Å²) < 4.78 is 5.77. The van der Waals surface area contributed by atoms with Gasteiger partial charge >= 0.3 is 0 Å². The van der Waals surface area contributed by atoms with Crippen LogP contribution in [0, 0.1) is 0 Å². The largest absolute Gasteiger partial charge is 0.440 e. The zero-order valence-electron chi connectivity index (χ0n) is 9.87. The molecule has 0 radical (unpaired) electrons. The number of rotatable bonds is 1. The summed E-state index contributed by atoms with van der Waals surface area (Å²) in [4.78, 5) is 17.4. The molecule has 5 heteroatoms. The average Bonchev–Trinajstić information content (AvgIpc) is 2.82. The van der Waals surface area contributed by atoms with Gasteiger partial charge < -0.3 is 9.32 Å². The highest BCUT2D eigenvalue weighted by atomic mass is 32.1. The summed E-state index contributed by atoms with van der Waals surface area (Å²) in [6, 6.07) is 7.78. The summed E-state index contributed by atoms with van der Waals surface area (Å²) in [5, 5.41) is -0.147. The number of para-hydroxylation sites is 2. The predicted molar refractivity (Wildman–Crippen MR) is 71.9 cm³/mol. The van der Waals surface area contributed by atoms with Crippen LogP contribution in [0.4, 0.5) is 4.79 Å². The van der Waals surface area contributed by atoms with Gasteiger partial charge in [0.2, 0.25) is 0 Å². The molecular weight excluding hydrogens is 248 g/mol. The molecule has 0 aliphatic carbocycles. The SMILES string of the molecule is O=C(S)N1CCC(c2nc3ccccc3o2)CC1. The normalized spacial score (nSPS) is 17.3. The van der Waals surface area contributed by atoms with Crippen molar-refractivity contribution in [3.8, 4) is 0 Å². The Hall–Kier alpha value is -1.49. The van der Waals surface area contributed by atoms with Crippen molar-refractivity contribution in [2.45, 2.75) is 18.8 Å². The van der Waals surface area contributed by atoms with Crippen molar-refractivity contribution < 1.29 is 9.21 Å². The van der Waals surface area contributed by atoms with E-state index in [9.17, 15) is 4.79 Å². The molecule has 4 nitrogen and oxygen atoms in total. The lowest BCUT2D eigenvalue weighted by molar-refractivity contribution is 0.201. The fraction of sp³-hybridized carbons (Fsp3) is 0.385. The van der Waals surface area contributed by atoms with Gasteiger partial charge in [-0.3, -0.25) is 4.79 Å². The van der Waals surface area contributed by atoms with Gasteiger partial charge in [-0.15, -0.1) is 0 Å². The van der Waals surface area contributed by atoms with Crippen molar-refractivity contribution in [3.05, 3.63) is 30.2 Å². The maximum Gasteiger partial charge on any atom is 0.278 e. The molecular formula is C13H14N2O2S. The Kier molecular flexibility index (Phi) is 2.99. The summed E-state index contributed by atoms with van der Waals surface area (Å²) >= 11 is 3.85. The van der Waals surface area contributed by atoms with E-state index >= 15 is 0 Å². The molecule has 0 unspecified atom stereocenters.